The topological polar surface area (TPSA) is 192 Å². The van der Waals surface area contributed by atoms with Gasteiger partial charge in [0.1, 0.15) is 30.1 Å². The number of carbonyl (C=O) groups excluding carboxylic acids is 3. The molecule has 3 amide bonds. The van der Waals surface area contributed by atoms with E-state index in [1.165, 1.54) is 50.2 Å². The third-order valence-corrected chi connectivity index (χ3v) is 9.98. The molecule has 1 fully saturated rings. The highest BCUT2D eigenvalue weighted by molar-refractivity contribution is 7.87. The normalized spacial score (nSPS) is 17.6. The number of amides is 3. The van der Waals surface area contributed by atoms with Crippen LogP contribution >= 0.6 is 0 Å². The molecule has 1 aliphatic rings. The molecule has 3 aromatic carbocycles. The number of methoxy groups -OCH3 is 2. The first-order chi connectivity index (χ1) is 25.2. The average Bonchev–Trinajstić information content (AvgIpc) is 3.09. The number of carbonyl (C=O) groups is 3. The molecule has 296 valence electrons. The first-order valence-electron chi connectivity index (χ1n) is 16.8. The number of hydrogen-bond donors (Lipinski definition) is 4. The van der Waals surface area contributed by atoms with Crippen LogP contribution in [0, 0.1) is 0 Å². The van der Waals surface area contributed by atoms with Gasteiger partial charge in [0.05, 0.1) is 45.6 Å². The minimum absolute atomic E-state index is 0.0998. The lowest BCUT2D eigenvalue weighted by Crippen LogP contribution is -2.59. The highest BCUT2D eigenvalue weighted by Gasteiger charge is 2.34. The number of aliphatic carboxylic acids is 1. The summed E-state index contributed by atoms with van der Waals surface area (Å²) in [5, 5.41) is 26.5. The molecule has 4 rings (SSSR count). The molecule has 1 aliphatic heterocycles. The van der Waals surface area contributed by atoms with Gasteiger partial charge in [0.2, 0.25) is 5.91 Å². The Kier molecular flexibility index (Phi) is 14.9. The van der Waals surface area contributed by atoms with Crippen LogP contribution < -0.4 is 34.7 Å². The lowest BCUT2D eigenvalue weighted by Gasteiger charge is -2.42. The van der Waals surface area contributed by atoms with Crippen LogP contribution in [0.4, 0.5) is 23.7 Å². The van der Waals surface area contributed by atoms with Crippen LogP contribution in [0.3, 0.4) is 0 Å². The molecule has 1 saturated heterocycles. The SMILES string of the molecule is COc1ccc(C[N+]2(C)CCC[C@H](NC(=O)[C@H](Cc3ccc(O)cc3)NC(=O)Nc3ccc(OS(=O)(=O)C(C)C)cc3)C2)cc1OC.O=C([O-])C(F)(F)F. The zero-order chi connectivity index (χ0) is 40.3. The Bertz CT molecular complexity index is 1840. The standard InChI is InChI=1S/C34H44N4O8S.C2HF3O2/c1-23(2)47(42,43)46-29-15-11-26(12-16-29)36-34(41)37-30(19-24-8-13-28(39)14-9-24)33(40)35-27-7-6-18-38(3,22-27)21-25-10-17-31(44-4)32(20-25)45-5;3-2(4,5)1(6)7/h8-17,20,23,27,30H,6-7,18-19,21-22H2,1-5H3,(H3-,35,36,37,39,40,41);(H,6,7)/t27-,30-,38?;/m0./s1. The number of carboxylic acid groups (broad SMARTS) is 1. The second kappa shape index (κ2) is 18.7. The average molecular weight is 783 g/mol. The van der Waals surface area contributed by atoms with Gasteiger partial charge in [-0.15, -0.1) is 0 Å². The number of phenolic OH excluding ortho intramolecular Hbond substituents is 1. The van der Waals surface area contributed by atoms with Crippen molar-refractivity contribution >= 4 is 33.7 Å². The van der Waals surface area contributed by atoms with Crippen molar-refractivity contribution in [3.63, 3.8) is 0 Å². The molecule has 1 unspecified atom stereocenters. The number of anilines is 1. The minimum atomic E-state index is -5.19. The Hall–Kier alpha value is -5.23. The van der Waals surface area contributed by atoms with Crippen molar-refractivity contribution in [3.8, 4) is 23.0 Å². The van der Waals surface area contributed by atoms with Crippen LogP contribution in [-0.2, 0) is 32.7 Å². The number of likely N-dealkylation sites (N-methyl/N-ethyl adjacent to an activating group) is 1. The second-order valence-electron chi connectivity index (χ2n) is 13.2. The summed E-state index contributed by atoms with van der Waals surface area (Å²) in [5.74, 6) is -1.76. The van der Waals surface area contributed by atoms with E-state index in [1.807, 2.05) is 18.2 Å². The Morgan fingerprint density at radius 2 is 1.56 bits per heavy atom. The van der Waals surface area contributed by atoms with Crippen molar-refractivity contribution in [2.75, 3.05) is 39.7 Å². The number of ether oxygens (including phenoxy) is 2. The molecule has 14 nitrogen and oxygen atoms in total. The molecule has 1 heterocycles. The van der Waals surface area contributed by atoms with Crippen LogP contribution in [-0.4, -0.2) is 93.8 Å². The maximum absolute atomic E-state index is 13.7. The fourth-order valence-corrected chi connectivity index (χ4v) is 6.22. The van der Waals surface area contributed by atoms with Crippen LogP contribution in [0.25, 0.3) is 0 Å². The highest BCUT2D eigenvalue weighted by Crippen LogP contribution is 2.30. The van der Waals surface area contributed by atoms with Crippen molar-refractivity contribution in [3.05, 3.63) is 77.9 Å². The summed E-state index contributed by atoms with van der Waals surface area (Å²) in [7, 11) is 1.63. The second-order valence-corrected chi connectivity index (χ2v) is 15.3. The summed E-state index contributed by atoms with van der Waals surface area (Å²) in [6, 6.07) is 16.7. The number of phenols is 1. The quantitative estimate of drug-likeness (QED) is 0.148. The number of aromatic hydroxyl groups is 1. The fraction of sp³-hybridized carbons (Fsp3) is 0.417. The molecular weight excluding hydrogens is 737 g/mol. The van der Waals surface area contributed by atoms with E-state index in [0.717, 1.165) is 41.5 Å². The number of nitrogens with zero attached hydrogens (tertiary/aromatic N) is 1. The van der Waals surface area contributed by atoms with Crippen molar-refractivity contribution in [1.82, 2.24) is 10.6 Å². The van der Waals surface area contributed by atoms with Crippen LogP contribution in [0.5, 0.6) is 23.0 Å². The van der Waals surface area contributed by atoms with Gasteiger partial charge >= 0.3 is 22.3 Å². The van der Waals surface area contributed by atoms with Crippen molar-refractivity contribution in [1.29, 1.82) is 0 Å². The third kappa shape index (κ3) is 13.3. The summed E-state index contributed by atoms with van der Waals surface area (Å²) in [6.45, 7) is 5.45. The molecule has 54 heavy (non-hydrogen) atoms. The zero-order valence-corrected chi connectivity index (χ0v) is 31.3. The number of urea groups is 1. The van der Waals surface area contributed by atoms with Gasteiger partial charge in [-0.3, -0.25) is 4.79 Å². The van der Waals surface area contributed by atoms with E-state index in [1.54, 1.807) is 26.4 Å². The van der Waals surface area contributed by atoms with Gasteiger partial charge in [0, 0.05) is 17.7 Å². The van der Waals surface area contributed by atoms with Gasteiger partial charge in [0.25, 0.3) is 0 Å². The Labute approximate surface area is 311 Å². The lowest BCUT2D eigenvalue weighted by atomic mass is 10.00. The van der Waals surface area contributed by atoms with E-state index < -0.39 is 39.6 Å². The number of nitrogens with one attached hydrogen (secondary N) is 3. The van der Waals surface area contributed by atoms with Crippen molar-refractivity contribution < 1.29 is 64.3 Å². The molecular formula is C36H45F3N4O10S. The third-order valence-electron chi connectivity index (χ3n) is 8.40. The lowest BCUT2D eigenvalue weighted by molar-refractivity contribution is -0.927. The number of halogens is 3. The molecule has 4 N–H and O–H groups in total. The number of rotatable bonds is 13. The highest BCUT2D eigenvalue weighted by atomic mass is 32.2. The molecule has 0 saturated carbocycles. The molecule has 0 bridgehead atoms. The predicted molar refractivity (Wildman–Crippen MR) is 190 cm³/mol. The molecule has 3 atom stereocenters. The van der Waals surface area contributed by atoms with E-state index in [9.17, 15) is 36.3 Å². The first-order valence-corrected chi connectivity index (χ1v) is 18.2. The number of piperidine rings is 1. The van der Waals surface area contributed by atoms with Crippen LogP contribution in [0.2, 0.25) is 0 Å². The van der Waals surface area contributed by atoms with Gasteiger partial charge < -0.3 is 49.1 Å². The van der Waals surface area contributed by atoms with Crippen LogP contribution in [0.1, 0.15) is 37.8 Å². The fourth-order valence-electron chi connectivity index (χ4n) is 5.64. The number of benzene rings is 3. The summed E-state index contributed by atoms with van der Waals surface area (Å²) in [4.78, 5) is 35.6. The van der Waals surface area contributed by atoms with Crippen LogP contribution in [0.15, 0.2) is 66.7 Å². The van der Waals surface area contributed by atoms with E-state index in [0.29, 0.717) is 23.7 Å². The van der Waals surface area contributed by atoms with E-state index >= 15 is 0 Å². The maximum atomic E-state index is 13.7. The van der Waals surface area contributed by atoms with E-state index in [4.69, 9.17) is 23.6 Å². The maximum Gasteiger partial charge on any atom is 0.430 e. The molecule has 0 aliphatic carbocycles. The van der Waals surface area contributed by atoms with Gasteiger partial charge in [-0.25, -0.2) is 4.79 Å². The number of alkyl halides is 3. The predicted octanol–water partition coefficient (Wildman–Crippen LogP) is 3.48. The first kappa shape index (κ1) is 43.2. The number of hydrogen-bond acceptors (Lipinski definition) is 10. The number of likely N-dealkylation sites (tertiary alicyclic amines) is 1. The Morgan fingerprint density at radius 1 is 0.963 bits per heavy atom. The van der Waals surface area contributed by atoms with Gasteiger partial charge in [-0.1, -0.05) is 12.1 Å². The van der Waals surface area contributed by atoms with Gasteiger partial charge in [0.15, 0.2) is 11.5 Å². The Balaban J connectivity index is 0.00000102. The van der Waals surface area contributed by atoms with Gasteiger partial charge in [-0.2, -0.15) is 21.6 Å². The molecule has 0 radical (unpaired) electrons. The van der Waals surface area contributed by atoms with Crippen molar-refractivity contribution in [2.45, 2.75) is 63.2 Å². The summed E-state index contributed by atoms with van der Waals surface area (Å²) in [5.41, 5.74) is 2.24. The largest absolute Gasteiger partial charge is 0.542 e. The van der Waals surface area contributed by atoms with E-state index in [2.05, 4.69) is 23.0 Å². The monoisotopic (exact) mass is 782 g/mol. The molecule has 3 aromatic rings. The van der Waals surface area contributed by atoms with Crippen molar-refractivity contribution in [2.24, 2.45) is 0 Å². The molecule has 0 spiro atoms. The van der Waals surface area contributed by atoms with Gasteiger partial charge in [-0.05, 0) is 86.8 Å². The smallest absolute Gasteiger partial charge is 0.430 e. The molecule has 0 aromatic heterocycles. The Morgan fingerprint density at radius 3 is 2.11 bits per heavy atom. The number of carboxylic acids is 1. The zero-order valence-electron chi connectivity index (χ0n) is 30.4. The van der Waals surface area contributed by atoms with E-state index in [-0.39, 0.29) is 29.9 Å². The minimum Gasteiger partial charge on any atom is -0.542 e. The summed E-state index contributed by atoms with van der Waals surface area (Å²) in [6.07, 6.45) is -3.27. The number of quaternary nitrogens is 1. The summed E-state index contributed by atoms with van der Waals surface area (Å²) < 4.78 is 72.3. The summed E-state index contributed by atoms with van der Waals surface area (Å²) >= 11 is 0. The molecule has 18 heteroatoms.